The summed E-state index contributed by atoms with van der Waals surface area (Å²) in [5, 5.41) is 0. The Balaban J connectivity index is 0.00000241. The number of hydrogen-bond donors (Lipinski definition) is 0. The average molecular weight is 565 g/mol. The van der Waals surface area contributed by atoms with Crippen molar-refractivity contribution in [1.82, 2.24) is 0 Å². The molecule has 4 unspecified atom stereocenters. The minimum absolute atomic E-state index is 0. The number of rotatable bonds is 3. The van der Waals surface area contributed by atoms with Crippen molar-refractivity contribution in [2.75, 3.05) is 0 Å². The fourth-order valence-corrected chi connectivity index (χ4v) is 11.4. The summed E-state index contributed by atoms with van der Waals surface area (Å²) in [6, 6.07) is 16.7. The zero-order chi connectivity index (χ0) is 26.0. The van der Waals surface area contributed by atoms with Crippen LogP contribution in [0.5, 0.6) is 0 Å². The maximum absolute atomic E-state index is 5.59. The minimum Gasteiger partial charge on any atom is -0.660 e. The summed E-state index contributed by atoms with van der Waals surface area (Å²) in [7, 11) is -1.93. The van der Waals surface area contributed by atoms with Crippen LogP contribution in [0.1, 0.15) is 108 Å². The Labute approximate surface area is 252 Å². The molecule has 4 atom stereocenters. The molecule has 1 fully saturated rings. The molecule has 0 bridgehead atoms. The Bertz CT molecular complexity index is 1080. The van der Waals surface area contributed by atoms with Gasteiger partial charge in [-0.05, 0) is 62.8 Å². The van der Waals surface area contributed by atoms with Crippen molar-refractivity contribution in [3.63, 3.8) is 0 Å². The fraction of sp³-hybridized carbons (Fsp3) is 0.543. The summed E-state index contributed by atoms with van der Waals surface area (Å²) in [5.41, 5.74) is 8.32. The van der Waals surface area contributed by atoms with Crippen LogP contribution in [0, 0.1) is 20.8 Å². The van der Waals surface area contributed by atoms with Gasteiger partial charge in [-0.3, -0.25) is 0 Å². The zero-order valence-corrected chi connectivity index (χ0v) is 29.2. The topological polar surface area (TPSA) is 14.1 Å². The molecule has 4 rings (SSSR count). The molecule has 2 aliphatic rings. The number of nitrogens with zero attached hydrogens (tertiary/aromatic N) is 1. The van der Waals surface area contributed by atoms with Crippen molar-refractivity contribution in [2.24, 2.45) is 5.92 Å². The summed E-state index contributed by atoms with van der Waals surface area (Å²) in [6.07, 6.45) is 6.19. The zero-order valence-electron chi connectivity index (χ0n) is 26.7. The molecule has 0 heterocycles. The van der Waals surface area contributed by atoms with Gasteiger partial charge in [0.1, 0.15) is 0 Å². The van der Waals surface area contributed by atoms with Crippen molar-refractivity contribution in [1.29, 1.82) is 0 Å². The van der Waals surface area contributed by atoms with Crippen molar-refractivity contribution < 1.29 is 21.7 Å². The van der Waals surface area contributed by atoms with Crippen LogP contribution in [0.2, 0.25) is 18.6 Å². The van der Waals surface area contributed by atoms with Gasteiger partial charge in [0, 0.05) is 0 Å². The van der Waals surface area contributed by atoms with Crippen molar-refractivity contribution in [2.45, 2.75) is 116 Å². The Morgan fingerprint density at radius 1 is 0.763 bits per heavy atom. The van der Waals surface area contributed by atoms with E-state index in [9.17, 15) is 0 Å². The number of benzene rings is 2. The van der Waals surface area contributed by atoms with E-state index in [2.05, 4.69) is 130 Å². The van der Waals surface area contributed by atoms with Crippen molar-refractivity contribution in [3.8, 4) is 0 Å². The first kappa shape index (κ1) is 35.1. The summed E-state index contributed by atoms with van der Waals surface area (Å²) < 4.78 is 0. The second-order valence-corrected chi connectivity index (χ2v) is 19.0. The average Bonchev–Trinajstić information content (AvgIpc) is 3.11. The van der Waals surface area contributed by atoms with E-state index < -0.39 is 8.24 Å². The molecule has 0 aliphatic heterocycles. The standard InChI is InChI=1S/C33H48NSi.2CH3.Ti/c1-31(2,3)24-18-23(19-25(20-24)32(4,5)6)28-21-29-26-15-13-12-14-22(26)16-17-27(29)30(28)35(10,11)34-33(7,8)9;;;/h12-20,27-30H,21H2,1-11H3;2*1H3;/q3*-1;+4. The van der Waals surface area contributed by atoms with Crippen LogP contribution >= 0.6 is 0 Å². The minimum atomic E-state index is -1.93. The Morgan fingerprint density at radius 2 is 1.29 bits per heavy atom. The van der Waals surface area contributed by atoms with E-state index >= 15 is 0 Å². The van der Waals surface area contributed by atoms with Gasteiger partial charge < -0.3 is 19.8 Å². The van der Waals surface area contributed by atoms with Gasteiger partial charge in [-0.15, -0.1) is 5.54 Å². The third-order valence-corrected chi connectivity index (χ3v) is 11.9. The van der Waals surface area contributed by atoms with Crippen LogP contribution in [0.4, 0.5) is 0 Å². The fourth-order valence-electron chi connectivity index (χ4n) is 6.88. The summed E-state index contributed by atoms with van der Waals surface area (Å²) in [6.45, 7) is 26.1. The quantitative estimate of drug-likeness (QED) is 0.260. The summed E-state index contributed by atoms with van der Waals surface area (Å²) >= 11 is 0. The predicted molar refractivity (Wildman–Crippen MR) is 170 cm³/mol. The van der Waals surface area contributed by atoms with Crippen LogP contribution in [0.3, 0.4) is 0 Å². The first-order chi connectivity index (χ1) is 16.0. The molecule has 1 nitrogen and oxygen atoms in total. The van der Waals surface area contributed by atoms with Crippen LogP contribution < -0.4 is 0 Å². The molecule has 1 saturated carbocycles. The van der Waals surface area contributed by atoms with Gasteiger partial charge in [-0.2, -0.15) is 0 Å². The van der Waals surface area contributed by atoms with Gasteiger partial charge in [-0.1, -0.05) is 144 Å². The molecule has 0 radical (unpaired) electrons. The maximum atomic E-state index is 5.59. The monoisotopic (exact) mass is 564 g/mol. The maximum Gasteiger partial charge on any atom is 4.00 e. The number of allylic oxidation sites excluding steroid dienone is 1. The molecule has 0 spiro atoms. The number of fused-ring (bicyclic) bond motifs is 3. The second kappa shape index (κ2) is 11.9. The molecular formula is C35H54NSiTi+. The molecule has 3 heteroatoms. The first-order valence-corrected chi connectivity index (χ1v) is 16.7. The van der Waals surface area contributed by atoms with Gasteiger partial charge >= 0.3 is 21.7 Å². The molecule has 0 aromatic heterocycles. The molecule has 38 heavy (non-hydrogen) atoms. The Morgan fingerprint density at radius 3 is 1.79 bits per heavy atom. The summed E-state index contributed by atoms with van der Waals surface area (Å²) in [4.78, 5) is 5.59. The molecule has 0 N–H and O–H groups in total. The SMILES string of the molecule is CC(C)(C)[N-][Si](C)(C)C1C(c2cc(C(C)(C)C)cc(C(C)(C)C)c2)CC2c3ccccc3C=CC21.[CH3-].[CH3-].[Ti+4]. The Kier molecular flexibility index (Phi) is 11.0. The van der Waals surface area contributed by atoms with E-state index in [0.717, 1.165) is 0 Å². The smallest absolute Gasteiger partial charge is 0.660 e. The summed E-state index contributed by atoms with van der Waals surface area (Å²) in [5.74, 6) is 1.69. The molecule has 2 aliphatic carbocycles. The van der Waals surface area contributed by atoms with Gasteiger partial charge in [-0.25, -0.2) is 0 Å². The van der Waals surface area contributed by atoms with E-state index in [1.165, 1.54) is 23.1 Å². The number of hydrogen-bond acceptors (Lipinski definition) is 0. The van der Waals surface area contributed by atoms with E-state index in [1.54, 1.807) is 11.1 Å². The van der Waals surface area contributed by atoms with Crippen LogP contribution in [-0.4, -0.2) is 13.8 Å². The molecule has 206 valence electrons. The van der Waals surface area contributed by atoms with Gasteiger partial charge in [0.15, 0.2) is 0 Å². The van der Waals surface area contributed by atoms with Crippen molar-refractivity contribution in [3.05, 3.63) is 96.2 Å². The largest absolute Gasteiger partial charge is 4.00 e. The normalized spacial score (nSPS) is 22.9. The van der Waals surface area contributed by atoms with Crippen molar-refractivity contribution >= 4 is 14.3 Å². The van der Waals surface area contributed by atoms with Crippen LogP contribution in [-0.2, 0) is 32.5 Å². The van der Waals surface area contributed by atoms with E-state index in [0.29, 0.717) is 23.3 Å². The molecular weight excluding hydrogens is 510 g/mol. The first-order valence-electron chi connectivity index (χ1n) is 13.6. The van der Waals surface area contributed by atoms with E-state index in [4.69, 9.17) is 4.98 Å². The van der Waals surface area contributed by atoms with Gasteiger partial charge in [0.2, 0.25) is 0 Å². The molecule has 2 aromatic rings. The third-order valence-electron chi connectivity index (χ3n) is 8.27. The predicted octanol–water partition coefficient (Wildman–Crippen LogP) is 10.8. The van der Waals surface area contributed by atoms with Gasteiger partial charge in [0.25, 0.3) is 0 Å². The van der Waals surface area contributed by atoms with Gasteiger partial charge in [0.05, 0.1) is 0 Å². The molecule has 0 saturated heterocycles. The second-order valence-electron chi connectivity index (χ2n) is 14.8. The van der Waals surface area contributed by atoms with E-state index in [1.807, 2.05) is 0 Å². The van der Waals surface area contributed by atoms with Crippen LogP contribution in [0.25, 0.3) is 11.1 Å². The third kappa shape index (κ3) is 7.22. The molecule has 0 amide bonds. The molecule has 2 aromatic carbocycles. The van der Waals surface area contributed by atoms with E-state index in [-0.39, 0.29) is 52.9 Å². The Hall–Kier alpha value is -0.929. The van der Waals surface area contributed by atoms with Crippen LogP contribution in [0.15, 0.2) is 48.5 Å².